The fourth-order valence-electron chi connectivity index (χ4n) is 4.72. The largest absolute Gasteiger partial charge is 0.333 e. The topological polar surface area (TPSA) is 82.6 Å². The van der Waals surface area contributed by atoms with Crippen LogP contribution in [-0.4, -0.2) is 54.8 Å². The van der Waals surface area contributed by atoms with Gasteiger partial charge in [0.15, 0.2) is 0 Å². The van der Waals surface area contributed by atoms with Gasteiger partial charge in [-0.2, -0.15) is 0 Å². The first-order chi connectivity index (χ1) is 18.2. The Hall–Kier alpha value is -3.53. The molecule has 0 spiro atoms. The van der Waals surface area contributed by atoms with Gasteiger partial charge in [-0.05, 0) is 61.0 Å². The molecule has 0 radical (unpaired) electrons. The zero-order valence-electron chi connectivity index (χ0n) is 20.6. The second-order valence-electron chi connectivity index (χ2n) is 9.35. The molecule has 4 aromatic rings. The molecule has 0 saturated carbocycles. The third-order valence-corrected chi connectivity index (χ3v) is 8.35. The monoisotopic (exact) mass is 552 g/mol. The van der Waals surface area contributed by atoms with E-state index in [2.05, 4.69) is 14.6 Å². The van der Waals surface area contributed by atoms with Crippen LogP contribution in [0.3, 0.4) is 0 Å². The number of hydrogen-bond acceptors (Lipinski definition) is 5. The van der Waals surface area contributed by atoms with Crippen LogP contribution in [0.4, 0.5) is 10.1 Å². The zero-order chi connectivity index (χ0) is 26.9. The van der Waals surface area contributed by atoms with Gasteiger partial charge in [0, 0.05) is 55.1 Å². The van der Waals surface area contributed by atoms with Gasteiger partial charge in [-0.3, -0.25) is 19.4 Å². The average molecular weight is 553 g/mol. The summed E-state index contributed by atoms with van der Waals surface area (Å²) in [5.74, 6) is -0.562. The predicted molar refractivity (Wildman–Crippen MR) is 146 cm³/mol. The standard InChI is InChI=1S/C28H26ClFN4O3S/c1-19-17-33(18-20-7-12-24(29)25(30)16-20)14-15-34(19)28(35)22-8-10-23(11-9-22)32-38(36,37)26-6-2-4-21-5-3-13-31-27(21)26/h2-13,16,19,32H,14-15,17-18H2,1H3/t19-/m0/s1. The molecule has 5 rings (SSSR count). The average Bonchev–Trinajstić information content (AvgIpc) is 2.90. The van der Waals surface area contributed by atoms with Crippen LogP contribution in [0.15, 0.2) is 83.9 Å². The summed E-state index contributed by atoms with van der Waals surface area (Å²) >= 11 is 5.78. The van der Waals surface area contributed by atoms with Crippen LogP contribution in [0.1, 0.15) is 22.8 Å². The Kier molecular flexibility index (Phi) is 7.34. The lowest BCUT2D eigenvalue weighted by molar-refractivity contribution is 0.0475. The van der Waals surface area contributed by atoms with E-state index >= 15 is 0 Å². The lowest BCUT2D eigenvalue weighted by Crippen LogP contribution is -2.53. The highest BCUT2D eigenvalue weighted by atomic mass is 35.5. The molecular weight excluding hydrogens is 527 g/mol. The SMILES string of the molecule is C[C@H]1CN(Cc2ccc(Cl)c(F)c2)CCN1C(=O)c1ccc(NS(=O)(=O)c2cccc3cccnc23)cc1. The number of benzene rings is 3. The van der Waals surface area contributed by atoms with E-state index in [1.807, 2.05) is 6.92 Å². The maximum Gasteiger partial charge on any atom is 0.264 e. The number of fused-ring (bicyclic) bond motifs is 1. The van der Waals surface area contributed by atoms with Crippen molar-refractivity contribution in [1.82, 2.24) is 14.8 Å². The Bertz CT molecular complexity index is 1590. The highest BCUT2D eigenvalue weighted by molar-refractivity contribution is 7.93. The van der Waals surface area contributed by atoms with Gasteiger partial charge in [-0.1, -0.05) is 35.9 Å². The quantitative estimate of drug-likeness (QED) is 0.357. The van der Waals surface area contributed by atoms with Crippen molar-refractivity contribution in [1.29, 1.82) is 0 Å². The highest BCUT2D eigenvalue weighted by Crippen LogP contribution is 2.24. The smallest absolute Gasteiger partial charge is 0.264 e. The lowest BCUT2D eigenvalue weighted by atomic mass is 10.1. The number of piperazine rings is 1. The van der Waals surface area contributed by atoms with E-state index < -0.39 is 15.8 Å². The number of rotatable bonds is 6. The molecule has 7 nitrogen and oxygen atoms in total. The molecular formula is C28H26ClFN4O3S. The second kappa shape index (κ2) is 10.7. The molecule has 1 aliphatic rings. The normalized spacial score (nSPS) is 16.5. The zero-order valence-corrected chi connectivity index (χ0v) is 22.2. The number of anilines is 1. The number of carbonyl (C=O) groups excluding carboxylic acids is 1. The minimum Gasteiger partial charge on any atom is -0.333 e. The van der Waals surface area contributed by atoms with Gasteiger partial charge in [-0.25, -0.2) is 12.8 Å². The van der Waals surface area contributed by atoms with Crippen LogP contribution in [0.25, 0.3) is 10.9 Å². The summed E-state index contributed by atoms with van der Waals surface area (Å²) in [6, 6.07) is 19.7. The van der Waals surface area contributed by atoms with Gasteiger partial charge in [0.1, 0.15) is 10.7 Å². The number of carbonyl (C=O) groups is 1. The molecule has 0 unspecified atom stereocenters. The summed E-state index contributed by atoms with van der Waals surface area (Å²) < 4.78 is 42.5. The fourth-order valence-corrected chi connectivity index (χ4v) is 6.08. The Labute approximate surface area is 225 Å². The summed E-state index contributed by atoms with van der Waals surface area (Å²) in [5.41, 5.74) is 2.04. The maximum absolute atomic E-state index is 13.8. The Morgan fingerprint density at radius 1 is 1.08 bits per heavy atom. The molecule has 1 saturated heterocycles. The summed E-state index contributed by atoms with van der Waals surface area (Å²) in [7, 11) is -3.88. The highest BCUT2D eigenvalue weighted by Gasteiger charge is 2.28. The van der Waals surface area contributed by atoms with Crippen LogP contribution in [0.5, 0.6) is 0 Å². The molecule has 0 bridgehead atoms. The number of para-hydroxylation sites is 1. The molecule has 1 amide bonds. The molecule has 1 aliphatic heterocycles. The van der Waals surface area contributed by atoms with E-state index in [4.69, 9.17) is 11.6 Å². The van der Waals surface area contributed by atoms with Crippen molar-refractivity contribution in [3.8, 4) is 0 Å². The molecule has 3 aromatic carbocycles. The Morgan fingerprint density at radius 3 is 2.58 bits per heavy atom. The first-order valence-electron chi connectivity index (χ1n) is 12.2. The van der Waals surface area contributed by atoms with Crippen molar-refractivity contribution in [2.75, 3.05) is 24.4 Å². The van der Waals surface area contributed by atoms with Crippen LogP contribution in [-0.2, 0) is 16.6 Å². The van der Waals surface area contributed by atoms with E-state index in [-0.39, 0.29) is 21.9 Å². The van der Waals surface area contributed by atoms with Gasteiger partial charge < -0.3 is 4.90 Å². The first kappa shape index (κ1) is 26.1. The van der Waals surface area contributed by atoms with E-state index in [9.17, 15) is 17.6 Å². The summed E-state index contributed by atoms with van der Waals surface area (Å²) in [6.45, 7) is 4.37. The number of sulfonamides is 1. The van der Waals surface area contributed by atoms with Gasteiger partial charge in [0.05, 0.1) is 10.5 Å². The van der Waals surface area contributed by atoms with Gasteiger partial charge in [-0.15, -0.1) is 0 Å². The van der Waals surface area contributed by atoms with Crippen molar-refractivity contribution in [3.05, 3.63) is 101 Å². The van der Waals surface area contributed by atoms with Crippen molar-refractivity contribution in [2.45, 2.75) is 24.4 Å². The Morgan fingerprint density at radius 2 is 1.84 bits per heavy atom. The Balaban J connectivity index is 1.24. The molecule has 0 aliphatic carbocycles. The number of nitrogens with zero attached hydrogens (tertiary/aromatic N) is 3. The molecule has 1 atom stereocenters. The van der Waals surface area contributed by atoms with Crippen molar-refractivity contribution < 1.29 is 17.6 Å². The fraction of sp³-hybridized carbons (Fsp3) is 0.214. The first-order valence-corrected chi connectivity index (χ1v) is 14.0. The predicted octanol–water partition coefficient (Wildman–Crippen LogP) is 5.17. The lowest BCUT2D eigenvalue weighted by Gasteiger charge is -2.40. The van der Waals surface area contributed by atoms with E-state index in [0.717, 1.165) is 10.9 Å². The second-order valence-corrected chi connectivity index (χ2v) is 11.4. The van der Waals surface area contributed by atoms with E-state index in [1.165, 1.54) is 12.1 Å². The summed E-state index contributed by atoms with van der Waals surface area (Å²) in [6.07, 6.45) is 1.56. The van der Waals surface area contributed by atoms with Crippen molar-refractivity contribution >= 4 is 44.1 Å². The minimum absolute atomic E-state index is 0.0505. The van der Waals surface area contributed by atoms with E-state index in [1.54, 1.807) is 71.8 Å². The van der Waals surface area contributed by atoms with Gasteiger partial charge in [0.2, 0.25) is 0 Å². The van der Waals surface area contributed by atoms with Crippen molar-refractivity contribution in [3.63, 3.8) is 0 Å². The van der Waals surface area contributed by atoms with Crippen LogP contribution in [0, 0.1) is 5.82 Å². The molecule has 196 valence electrons. The number of aromatic nitrogens is 1. The molecule has 1 aromatic heterocycles. The van der Waals surface area contributed by atoms with Crippen LogP contribution >= 0.6 is 11.6 Å². The van der Waals surface area contributed by atoms with Crippen LogP contribution in [0.2, 0.25) is 5.02 Å². The maximum atomic E-state index is 13.8. The number of pyridine rings is 1. The van der Waals surface area contributed by atoms with E-state index in [0.29, 0.717) is 42.9 Å². The number of nitrogens with one attached hydrogen (secondary N) is 1. The van der Waals surface area contributed by atoms with Gasteiger partial charge >= 0.3 is 0 Å². The third kappa shape index (κ3) is 5.50. The molecule has 1 N–H and O–H groups in total. The third-order valence-electron chi connectivity index (χ3n) is 6.63. The summed E-state index contributed by atoms with van der Waals surface area (Å²) in [5, 5.41) is 0.827. The minimum atomic E-state index is -3.88. The summed E-state index contributed by atoms with van der Waals surface area (Å²) in [4.78, 5) is 21.5. The molecule has 2 heterocycles. The van der Waals surface area contributed by atoms with Gasteiger partial charge in [0.25, 0.3) is 15.9 Å². The molecule has 38 heavy (non-hydrogen) atoms. The number of amides is 1. The molecule has 1 fully saturated rings. The van der Waals surface area contributed by atoms with Crippen molar-refractivity contribution in [2.24, 2.45) is 0 Å². The number of halogens is 2. The molecule has 10 heteroatoms. The van der Waals surface area contributed by atoms with Crippen LogP contribution < -0.4 is 4.72 Å². The number of hydrogen-bond donors (Lipinski definition) is 1.